The molecule has 0 heterocycles. The number of carbonyl (C=O) groups is 1. The first-order valence-electron chi connectivity index (χ1n) is 7.53. The van der Waals surface area contributed by atoms with Gasteiger partial charge in [0, 0.05) is 11.8 Å². The van der Waals surface area contributed by atoms with Gasteiger partial charge in [-0.2, -0.15) is 0 Å². The number of hydrogen-bond acceptors (Lipinski definition) is 4. The van der Waals surface area contributed by atoms with Gasteiger partial charge < -0.3 is 19.5 Å². The first-order chi connectivity index (χ1) is 12.0. The molecule has 0 atom stereocenters. The van der Waals surface area contributed by atoms with Gasteiger partial charge in [-0.25, -0.2) is 4.39 Å². The van der Waals surface area contributed by atoms with Crippen LogP contribution in [-0.4, -0.2) is 27.2 Å². The Morgan fingerprint density at radius 1 is 1.04 bits per heavy atom. The topological polar surface area (TPSA) is 56.8 Å². The van der Waals surface area contributed by atoms with Crippen molar-refractivity contribution in [1.29, 1.82) is 0 Å². The summed E-state index contributed by atoms with van der Waals surface area (Å²) in [6.07, 6.45) is 2.96. The normalized spacial score (nSPS) is 10.6. The summed E-state index contributed by atoms with van der Waals surface area (Å²) in [6, 6.07) is 7.67. The second-order valence-electron chi connectivity index (χ2n) is 5.24. The van der Waals surface area contributed by atoms with E-state index in [0.717, 1.165) is 5.56 Å². The van der Waals surface area contributed by atoms with E-state index in [2.05, 4.69) is 5.32 Å². The molecule has 25 heavy (non-hydrogen) atoms. The van der Waals surface area contributed by atoms with Gasteiger partial charge in [-0.05, 0) is 48.4 Å². The van der Waals surface area contributed by atoms with Crippen LogP contribution in [0.3, 0.4) is 0 Å². The fraction of sp³-hybridized carbons (Fsp3) is 0.211. The van der Waals surface area contributed by atoms with Gasteiger partial charge in [-0.3, -0.25) is 4.79 Å². The van der Waals surface area contributed by atoms with Crippen LogP contribution in [0.5, 0.6) is 17.2 Å². The highest BCUT2D eigenvalue weighted by atomic mass is 19.1. The van der Waals surface area contributed by atoms with E-state index >= 15 is 0 Å². The Bertz CT molecular complexity index is 777. The number of hydrogen-bond donors (Lipinski definition) is 1. The minimum absolute atomic E-state index is 0.373. The van der Waals surface area contributed by atoms with Gasteiger partial charge in [-0.15, -0.1) is 0 Å². The van der Waals surface area contributed by atoms with Gasteiger partial charge in [0.25, 0.3) is 0 Å². The average Bonchev–Trinajstić information content (AvgIpc) is 2.61. The Hall–Kier alpha value is -3.02. The van der Waals surface area contributed by atoms with Crippen molar-refractivity contribution < 1.29 is 23.4 Å². The molecule has 1 amide bonds. The van der Waals surface area contributed by atoms with Gasteiger partial charge in [0.15, 0.2) is 11.5 Å². The molecular formula is C19H20FNO4. The van der Waals surface area contributed by atoms with Crippen LogP contribution in [0.15, 0.2) is 36.4 Å². The number of aryl methyl sites for hydroxylation is 1. The molecule has 0 aliphatic heterocycles. The number of anilines is 1. The molecule has 0 unspecified atom stereocenters. The zero-order chi connectivity index (χ0) is 18.4. The molecule has 0 radical (unpaired) electrons. The number of amides is 1. The number of rotatable bonds is 6. The van der Waals surface area contributed by atoms with Gasteiger partial charge in [0.05, 0.1) is 21.3 Å². The van der Waals surface area contributed by atoms with Gasteiger partial charge >= 0.3 is 0 Å². The lowest BCUT2D eigenvalue weighted by Crippen LogP contribution is -2.09. The van der Waals surface area contributed by atoms with E-state index in [4.69, 9.17) is 14.2 Å². The molecule has 0 saturated carbocycles. The number of halogens is 1. The molecular weight excluding hydrogens is 325 g/mol. The van der Waals surface area contributed by atoms with E-state index in [1.54, 1.807) is 31.2 Å². The van der Waals surface area contributed by atoms with Crippen molar-refractivity contribution in [2.45, 2.75) is 6.92 Å². The molecule has 2 rings (SSSR count). The summed E-state index contributed by atoms with van der Waals surface area (Å²) in [4.78, 5) is 12.1. The molecule has 0 bridgehead atoms. The summed E-state index contributed by atoms with van der Waals surface area (Å²) in [5.41, 5.74) is 1.90. The molecule has 5 nitrogen and oxygen atoms in total. The van der Waals surface area contributed by atoms with Crippen LogP contribution in [0, 0.1) is 12.7 Å². The highest BCUT2D eigenvalue weighted by Crippen LogP contribution is 2.38. The third-order valence-electron chi connectivity index (χ3n) is 3.57. The SMILES string of the molecule is COc1cc(/C=C\C(=O)Nc2cc(F)ccc2C)cc(OC)c1OC. The predicted molar refractivity (Wildman–Crippen MR) is 94.9 cm³/mol. The Morgan fingerprint density at radius 3 is 2.24 bits per heavy atom. The van der Waals surface area contributed by atoms with Crippen molar-refractivity contribution in [1.82, 2.24) is 0 Å². The fourth-order valence-electron chi connectivity index (χ4n) is 2.27. The van der Waals surface area contributed by atoms with Crippen molar-refractivity contribution in [2.24, 2.45) is 0 Å². The lowest BCUT2D eigenvalue weighted by Gasteiger charge is -2.12. The Labute approximate surface area is 146 Å². The van der Waals surface area contributed by atoms with Crippen LogP contribution in [0.4, 0.5) is 10.1 Å². The standard InChI is InChI=1S/C19H20FNO4/c1-12-5-7-14(20)11-15(12)21-18(22)8-6-13-9-16(23-2)19(25-4)17(10-13)24-3/h5-11H,1-4H3,(H,21,22)/b8-6-. The minimum Gasteiger partial charge on any atom is -0.493 e. The van der Waals surface area contributed by atoms with Crippen molar-refractivity contribution in [3.05, 3.63) is 53.4 Å². The maximum Gasteiger partial charge on any atom is 0.248 e. The van der Waals surface area contributed by atoms with Crippen LogP contribution in [0.25, 0.3) is 6.08 Å². The van der Waals surface area contributed by atoms with Crippen LogP contribution in [0.2, 0.25) is 0 Å². The third-order valence-corrected chi connectivity index (χ3v) is 3.57. The summed E-state index contributed by atoms with van der Waals surface area (Å²) in [7, 11) is 4.55. The Balaban J connectivity index is 2.20. The summed E-state index contributed by atoms with van der Waals surface area (Å²) in [5, 5.41) is 2.65. The largest absolute Gasteiger partial charge is 0.493 e. The number of methoxy groups -OCH3 is 3. The van der Waals surface area contributed by atoms with Crippen molar-refractivity contribution >= 4 is 17.7 Å². The zero-order valence-corrected chi connectivity index (χ0v) is 14.6. The first kappa shape index (κ1) is 18.3. The fourth-order valence-corrected chi connectivity index (χ4v) is 2.27. The summed E-state index contributed by atoms with van der Waals surface area (Å²) in [6.45, 7) is 1.79. The van der Waals surface area contributed by atoms with Crippen LogP contribution < -0.4 is 19.5 Å². The molecule has 2 aromatic rings. The van der Waals surface area contributed by atoms with Gasteiger partial charge in [0.1, 0.15) is 5.82 Å². The molecule has 132 valence electrons. The molecule has 0 aliphatic carbocycles. The van der Waals surface area contributed by atoms with E-state index < -0.39 is 5.82 Å². The van der Waals surface area contributed by atoms with Gasteiger partial charge in [0.2, 0.25) is 11.7 Å². The molecule has 0 saturated heterocycles. The maximum absolute atomic E-state index is 13.3. The molecule has 1 N–H and O–H groups in total. The van der Waals surface area contributed by atoms with Crippen molar-refractivity contribution in [3.8, 4) is 17.2 Å². The van der Waals surface area contributed by atoms with Crippen LogP contribution >= 0.6 is 0 Å². The van der Waals surface area contributed by atoms with Crippen LogP contribution in [-0.2, 0) is 4.79 Å². The molecule has 2 aromatic carbocycles. The average molecular weight is 345 g/mol. The lowest BCUT2D eigenvalue weighted by molar-refractivity contribution is -0.111. The first-order valence-corrected chi connectivity index (χ1v) is 7.53. The smallest absolute Gasteiger partial charge is 0.248 e. The second-order valence-corrected chi connectivity index (χ2v) is 5.24. The molecule has 0 fully saturated rings. The summed E-state index contributed by atoms with van der Waals surface area (Å²) >= 11 is 0. The summed E-state index contributed by atoms with van der Waals surface area (Å²) < 4.78 is 29.1. The van der Waals surface area contributed by atoms with E-state index in [1.807, 2.05) is 0 Å². The highest BCUT2D eigenvalue weighted by Gasteiger charge is 2.12. The van der Waals surface area contributed by atoms with E-state index in [1.165, 1.54) is 39.5 Å². The second kappa shape index (κ2) is 8.19. The number of nitrogens with one attached hydrogen (secondary N) is 1. The molecule has 0 aliphatic rings. The number of ether oxygens (including phenoxy) is 3. The number of benzene rings is 2. The van der Waals surface area contributed by atoms with Gasteiger partial charge in [-0.1, -0.05) is 6.07 Å². The Morgan fingerprint density at radius 2 is 1.68 bits per heavy atom. The third kappa shape index (κ3) is 4.50. The monoisotopic (exact) mass is 345 g/mol. The number of carbonyl (C=O) groups excluding carboxylic acids is 1. The van der Waals surface area contributed by atoms with E-state index in [-0.39, 0.29) is 5.91 Å². The zero-order valence-electron chi connectivity index (χ0n) is 14.6. The molecule has 0 spiro atoms. The van der Waals surface area contributed by atoms with E-state index in [9.17, 15) is 9.18 Å². The summed E-state index contributed by atoms with van der Waals surface area (Å²) in [5.74, 6) is 0.671. The maximum atomic E-state index is 13.3. The molecule has 6 heteroatoms. The van der Waals surface area contributed by atoms with Crippen LogP contribution in [0.1, 0.15) is 11.1 Å². The van der Waals surface area contributed by atoms with E-state index in [0.29, 0.717) is 28.5 Å². The lowest BCUT2D eigenvalue weighted by atomic mass is 10.1. The quantitative estimate of drug-likeness (QED) is 0.809. The van der Waals surface area contributed by atoms with Crippen molar-refractivity contribution in [3.63, 3.8) is 0 Å². The minimum atomic E-state index is -0.408. The predicted octanol–water partition coefficient (Wildman–Crippen LogP) is 3.81. The van der Waals surface area contributed by atoms with Crippen molar-refractivity contribution in [2.75, 3.05) is 26.6 Å². The molecule has 0 aromatic heterocycles. The highest BCUT2D eigenvalue weighted by molar-refractivity contribution is 6.02. The Kier molecular flexibility index (Phi) is 6.00.